The smallest absolute Gasteiger partial charge is 0.235 e. The lowest BCUT2D eigenvalue weighted by Gasteiger charge is -2.46. The van der Waals surface area contributed by atoms with Gasteiger partial charge in [0.1, 0.15) is 17.5 Å². The number of hydrogen-bond acceptors (Lipinski definition) is 7. The van der Waals surface area contributed by atoms with Gasteiger partial charge in [0, 0.05) is 18.2 Å². The highest BCUT2D eigenvalue weighted by Gasteiger charge is 2.46. The number of rotatable bonds is 4. The van der Waals surface area contributed by atoms with Crippen molar-refractivity contribution in [1.82, 2.24) is 10.2 Å². The van der Waals surface area contributed by atoms with E-state index >= 15 is 0 Å². The molecule has 1 N–H and O–H groups in total. The second-order valence-electron chi connectivity index (χ2n) is 7.64. The van der Waals surface area contributed by atoms with Crippen LogP contribution in [-0.2, 0) is 6.54 Å². The number of para-hydroxylation sites is 1. The fraction of sp³-hybridized carbons (Fsp3) is 0.318. The van der Waals surface area contributed by atoms with Gasteiger partial charge in [-0.2, -0.15) is 5.26 Å². The van der Waals surface area contributed by atoms with Crippen molar-refractivity contribution in [3.63, 3.8) is 0 Å². The topological polar surface area (TPSA) is 95.4 Å². The van der Waals surface area contributed by atoms with Gasteiger partial charge in [0.05, 0.1) is 24.2 Å². The summed E-state index contributed by atoms with van der Waals surface area (Å²) >= 11 is 0. The summed E-state index contributed by atoms with van der Waals surface area (Å²) in [5, 5.41) is 28.8. The Morgan fingerprint density at radius 2 is 1.93 bits per heavy atom. The molecule has 2 heterocycles. The molecular weight excluding hydrogens is 368 g/mol. The van der Waals surface area contributed by atoms with Gasteiger partial charge in [-0.05, 0) is 44.2 Å². The van der Waals surface area contributed by atoms with Crippen LogP contribution < -0.4 is 9.64 Å². The summed E-state index contributed by atoms with van der Waals surface area (Å²) in [7, 11) is 0. The zero-order valence-corrected chi connectivity index (χ0v) is 16.5. The molecule has 0 unspecified atom stereocenters. The van der Waals surface area contributed by atoms with Crippen molar-refractivity contribution in [2.45, 2.75) is 45.1 Å². The molecule has 0 aliphatic carbocycles. The number of hydrogen-bond donors (Lipinski definition) is 1. The zero-order valence-electron chi connectivity index (χ0n) is 16.5. The molecule has 0 saturated carbocycles. The Labute approximate surface area is 169 Å². The maximum atomic E-state index is 11.3. The van der Waals surface area contributed by atoms with E-state index in [9.17, 15) is 10.4 Å². The van der Waals surface area contributed by atoms with Crippen LogP contribution >= 0.6 is 0 Å². The third-order valence-electron chi connectivity index (χ3n) is 5.14. The van der Waals surface area contributed by atoms with Crippen LogP contribution in [0.1, 0.15) is 42.8 Å². The number of nitrogens with zero attached hydrogens (tertiary/aromatic N) is 4. The van der Waals surface area contributed by atoms with Gasteiger partial charge >= 0.3 is 0 Å². The van der Waals surface area contributed by atoms with Crippen molar-refractivity contribution in [3.8, 4) is 11.8 Å². The molecule has 148 valence electrons. The molecule has 0 amide bonds. The third kappa shape index (κ3) is 3.55. The second-order valence-corrected chi connectivity index (χ2v) is 7.64. The molecule has 0 bridgehead atoms. The van der Waals surface area contributed by atoms with Gasteiger partial charge in [-0.1, -0.05) is 18.2 Å². The summed E-state index contributed by atoms with van der Waals surface area (Å²) in [6.07, 6.45) is -0.867. The summed E-state index contributed by atoms with van der Waals surface area (Å²) in [5.41, 5.74) is 1.31. The van der Waals surface area contributed by atoms with Crippen LogP contribution in [0, 0.1) is 18.3 Å². The number of anilines is 1. The Balaban J connectivity index is 1.87. The summed E-state index contributed by atoms with van der Waals surface area (Å²) in [6.45, 7) is 5.75. The first kappa shape index (κ1) is 19.0. The Morgan fingerprint density at radius 3 is 2.59 bits per heavy atom. The van der Waals surface area contributed by atoms with Crippen LogP contribution in [-0.4, -0.2) is 27.0 Å². The van der Waals surface area contributed by atoms with E-state index in [0.717, 1.165) is 11.3 Å². The molecule has 1 aliphatic heterocycles. The van der Waals surface area contributed by atoms with Crippen LogP contribution in [0.15, 0.2) is 52.9 Å². The van der Waals surface area contributed by atoms with Crippen molar-refractivity contribution in [1.29, 1.82) is 5.26 Å². The number of aryl methyl sites for hydroxylation is 1. The van der Waals surface area contributed by atoms with Crippen LogP contribution in [0.4, 0.5) is 5.69 Å². The minimum Gasteiger partial charge on any atom is -0.485 e. The van der Waals surface area contributed by atoms with E-state index in [1.807, 2.05) is 49.1 Å². The highest BCUT2D eigenvalue weighted by Crippen LogP contribution is 2.45. The molecule has 0 fully saturated rings. The van der Waals surface area contributed by atoms with Crippen LogP contribution in [0.3, 0.4) is 0 Å². The third-order valence-corrected chi connectivity index (χ3v) is 5.14. The number of aliphatic hydroxyl groups excluding tert-OH is 1. The molecule has 2 aromatic carbocycles. The lowest BCUT2D eigenvalue weighted by Crippen LogP contribution is -2.53. The fourth-order valence-corrected chi connectivity index (χ4v) is 3.69. The number of aromatic nitrogens is 2. The summed E-state index contributed by atoms with van der Waals surface area (Å²) in [5.74, 6) is 1.57. The van der Waals surface area contributed by atoms with Crippen molar-refractivity contribution in [3.05, 3.63) is 71.4 Å². The van der Waals surface area contributed by atoms with Gasteiger partial charge in [-0.25, -0.2) is 0 Å². The largest absolute Gasteiger partial charge is 0.485 e. The molecule has 2 atom stereocenters. The monoisotopic (exact) mass is 390 g/mol. The quantitative estimate of drug-likeness (QED) is 0.728. The highest BCUT2D eigenvalue weighted by molar-refractivity contribution is 5.54. The number of ether oxygens (including phenoxy) is 1. The molecule has 0 radical (unpaired) electrons. The second kappa shape index (κ2) is 7.22. The van der Waals surface area contributed by atoms with Gasteiger partial charge in [-0.3, -0.25) is 0 Å². The average Bonchev–Trinajstić information content (AvgIpc) is 3.13. The Kier molecular flexibility index (Phi) is 4.73. The maximum absolute atomic E-state index is 11.3. The Bertz CT molecular complexity index is 1060. The lowest BCUT2D eigenvalue weighted by atomic mass is 9.84. The maximum Gasteiger partial charge on any atom is 0.235 e. The Morgan fingerprint density at radius 1 is 1.17 bits per heavy atom. The van der Waals surface area contributed by atoms with E-state index in [4.69, 9.17) is 9.15 Å². The van der Waals surface area contributed by atoms with Gasteiger partial charge < -0.3 is 19.2 Å². The highest BCUT2D eigenvalue weighted by atomic mass is 16.5. The molecular formula is C22H22N4O3. The summed E-state index contributed by atoms with van der Waals surface area (Å²) in [4.78, 5) is 2.02. The molecule has 4 rings (SSSR count). The molecule has 7 heteroatoms. The van der Waals surface area contributed by atoms with E-state index in [1.165, 1.54) is 0 Å². The lowest BCUT2D eigenvalue weighted by molar-refractivity contribution is -0.0592. The Hall–Kier alpha value is -3.37. The van der Waals surface area contributed by atoms with Gasteiger partial charge in [0.2, 0.25) is 11.8 Å². The van der Waals surface area contributed by atoms with E-state index in [-0.39, 0.29) is 0 Å². The first-order valence-electron chi connectivity index (χ1n) is 9.41. The molecule has 0 saturated heterocycles. The van der Waals surface area contributed by atoms with Crippen molar-refractivity contribution in [2.24, 2.45) is 0 Å². The SMILES string of the molecule is Cc1nnc(CN(c2ccccc2)[C@H]2c3cc(C#N)ccc3OC(C)(C)[C@@H]2O)o1. The zero-order chi connectivity index (χ0) is 20.6. The average molecular weight is 390 g/mol. The van der Waals surface area contributed by atoms with Gasteiger partial charge in [0.15, 0.2) is 0 Å². The first-order chi connectivity index (χ1) is 13.9. The van der Waals surface area contributed by atoms with Crippen LogP contribution in [0.5, 0.6) is 5.75 Å². The van der Waals surface area contributed by atoms with E-state index in [2.05, 4.69) is 16.3 Å². The molecule has 3 aromatic rings. The van der Waals surface area contributed by atoms with E-state index in [1.54, 1.807) is 25.1 Å². The predicted octanol–water partition coefficient (Wildman–Crippen LogP) is 3.53. The normalized spacial score (nSPS) is 19.7. The minimum absolute atomic E-state index is 0.304. The predicted molar refractivity (Wildman–Crippen MR) is 106 cm³/mol. The molecule has 1 aromatic heterocycles. The molecule has 7 nitrogen and oxygen atoms in total. The van der Waals surface area contributed by atoms with Crippen LogP contribution in [0.2, 0.25) is 0 Å². The molecule has 29 heavy (non-hydrogen) atoms. The number of aliphatic hydroxyl groups is 1. The number of nitriles is 1. The molecule has 0 spiro atoms. The molecule has 1 aliphatic rings. The van der Waals surface area contributed by atoms with Gasteiger partial charge in [-0.15, -0.1) is 10.2 Å². The van der Waals surface area contributed by atoms with Crippen LogP contribution in [0.25, 0.3) is 0 Å². The fourth-order valence-electron chi connectivity index (χ4n) is 3.69. The number of fused-ring (bicyclic) bond motifs is 1. The van der Waals surface area contributed by atoms with Crippen molar-refractivity contribution >= 4 is 5.69 Å². The van der Waals surface area contributed by atoms with E-state index < -0.39 is 17.7 Å². The first-order valence-corrected chi connectivity index (χ1v) is 9.41. The van der Waals surface area contributed by atoms with Crippen molar-refractivity contribution in [2.75, 3.05) is 4.90 Å². The van der Waals surface area contributed by atoms with Crippen molar-refractivity contribution < 1.29 is 14.3 Å². The van der Waals surface area contributed by atoms with Gasteiger partial charge in [0.25, 0.3) is 0 Å². The number of benzene rings is 2. The van der Waals surface area contributed by atoms with E-state index in [0.29, 0.717) is 29.6 Å². The standard InChI is InChI=1S/C22H22N4O3/c1-14-24-25-19(28-14)13-26(16-7-5-4-6-8-16)20-17-11-15(12-23)9-10-18(17)29-22(2,3)21(20)27/h4-11,20-21,27H,13H2,1-3H3/t20-,21+/m0/s1. The minimum atomic E-state index is -0.867. The summed E-state index contributed by atoms with van der Waals surface area (Å²) < 4.78 is 11.7. The summed E-state index contributed by atoms with van der Waals surface area (Å²) in [6, 6.07) is 16.7.